The molecule has 0 atom stereocenters. The van der Waals surface area contributed by atoms with Gasteiger partial charge in [-0.2, -0.15) is 9.97 Å². The van der Waals surface area contributed by atoms with Crippen molar-refractivity contribution in [1.82, 2.24) is 19.3 Å². The standard InChI is InChI=1S/C24H30ClN5O4S/c1-16-5-7-18(8-6-16)35(32,33)30-14-11-19-20(27-22(25)28-21(19)30)29-12-9-17(10-13-29)15-26-23(31)34-24(2,3)4/h5-8,11,14,17H,9-10,12-13,15H2,1-4H3,(H,26,31). The smallest absolute Gasteiger partial charge is 0.407 e. The third kappa shape index (κ3) is 5.70. The van der Waals surface area contributed by atoms with Crippen molar-refractivity contribution >= 4 is 44.6 Å². The van der Waals surface area contributed by atoms with Crippen LogP contribution in [0.2, 0.25) is 5.28 Å². The second-order valence-electron chi connectivity index (χ2n) is 9.80. The second kappa shape index (κ2) is 9.66. The van der Waals surface area contributed by atoms with Crippen molar-refractivity contribution in [2.24, 2.45) is 5.92 Å². The number of halogens is 1. The first-order valence-corrected chi connectivity index (χ1v) is 13.3. The van der Waals surface area contributed by atoms with Crippen molar-refractivity contribution in [2.75, 3.05) is 24.5 Å². The fraction of sp³-hybridized carbons (Fsp3) is 0.458. The lowest BCUT2D eigenvalue weighted by Crippen LogP contribution is -2.40. The van der Waals surface area contributed by atoms with Gasteiger partial charge in [-0.25, -0.2) is 17.2 Å². The molecule has 1 saturated heterocycles. The molecule has 1 N–H and O–H groups in total. The Bertz CT molecular complexity index is 1320. The van der Waals surface area contributed by atoms with Gasteiger partial charge in [-0.15, -0.1) is 0 Å². The molecule has 2 aromatic heterocycles. The monoisotopic (exact) mass is 519 g/mol. The van der Waals surface area contributed by atoms with Gasteiger partial charge in [0.15, 0.2) is 5.65 Å². The molecule has 1 aliphatic rings. The van der Waals surface area contributed by atoms with Gasteiger partial charge in [0.1, 0.15) is 11.4 Å². The summed E-state index contributed by atoms with van der Waals surface area (Å²) in [5.74, 6) is 0.912. The number of nitrogens with zero attached hydrogens (tertiary/aromatic N) is 4. The Morgan fingerprint density at radius 3 is 2.43 bits per heavy atom. The van der Waals surface area contributed by atoms with E-state index in [0.29, 0.717) is 36.8 Å². The first-order valence-electron chi connectivity index (χ1n) is 11.5. The van der Waals surface area contributed by atoms with E-state index in [4.69, 9.17) is 16.3 Å². The maximum absolute atomic E-state index is 13.3. The van der Waals surface area contributed by atoms with E-state index >= 15 is 0 Å². The highest BCUT2D eigenvalue weighted by molar-refractivity contribution is 7.90. The number of aryl methyl sites for hydroxylation is 1. The molecule has 0 radical (unpaired) electrons. The average Bonchev–Trinajstić information content (AvgIpc) is 3.21. The lowest BCUT2D eigenvalue weighted by atomic mass is 9.97. The molecule has 3 aromatic rings. The van der Waals surface area contributed by atoms with E-state index in [1.807, 2.05) is 27.7 Å². The van der Waals surface area contributed by atoms with Crippen LogP contribution in [0.1, 0.15) is 39.2 Å². The van der Waals surface area contributed by atoms with Gasteiger partial charge in [-0.05, 0) is 76.3 Å². The van der Waals surface area contributed by atoms with Crippen LogP contribution in [0.4, 0.5) is 10.6 Å². The zero-order chi connectivity index (χ0) is 25.4. The van der Waals surface area contributed by atoms with E-state index in [-0.39, 0.29) is 15.8 Å². The number of piperidine rings is 1. The lowest BCUT2D eigenvalue weighted by molar-refractivity contribution is 0.0516. The van der Waals surface area contributed by atoms with Gasteiger partial charge in [-0.1, -0.05) is 17.7 Å². The molecule has 0 aliphatic carbocycles. The van der Waals surface area contributed by atoms with Crippen molar-refractivity contribution in [3.8, 4) is 0 Å². The molecule has 1 fully saturated rings. The molecule has 35 heavy (non-hydrogen) atoms. The van der Waals surface area contributed by atoms with Crippen molar-refractivity contribution in [1.29, 1.82) is 0 Å². The topological polar surface area (TPSA) is 106 Å². The van der Waals surface area contributed by atoms with Crippen molar-refractivity contribution < 1.29 is 17.9 Å². The number of carbonyl (C=O) groups is 1. The van der Waals surface area contributed by atoms with Gasteiger partial charge in [-0.3, -0.25) is 0 Å². The normalized spacial score (nSPS) is 15.4. The van der Waals surface area contributed by atoms with Crippen molar-refractivity contribution in [3.05, 3.63) is 47.4 Å². The third-order valence-electron chi connectivity index (χ3n) is 5.89. The first-order chi connectivity index (χ1) is 16.4. The highest BCUT2D eigenvalue weighted by Crippen LogP contribution is 2.31. The summed E-state index contributed by atoms with van der Waals surface area (Å²) in [6.07, 6.45) is 2.74. The Kier molecular flexibility index (Phi) is 6.97. The molecule has 4 rings (SSSR count). The number of anilines is 1. The lowest BCUT2D eigenvalue weighted by Gasteiger charge is -2.33. The Labute approximate surface area is 210 Å². The molecular formula is C24H30ClN5O4S. The summed E-state index contributed by atoms with van der Waals surface area (Å²) in [7, 11) is -3.84. The molecule has 1 aromatic carbocycles. The summed E-state index contributed by atoms with van der Waals surface area (Å²) in [6.45, 7) is 9.32. The number of ether oxygens (including phenoxy) is 1. The number of hydrogen-bond acceptors (Lipinski definition) is 7. The van der Waals surface area contributed by atoms with Gasteiger partial charge in [0, 0.05) is 25.8 Å². The number of alkyl carbamates (subject to hydrolysis) is 1. The number of nitrogens with one attached hydrogen (secondary N) is 1. The summed E-state index contributed by atoms with van der Waals surface area (Å²) < 4.78 is 33.0. The molecule has 0 bridgehead atoms. The summed E-state index contributed by atoms with van der Waals surface area (Å²) in [6, 6.07) is 8.39. The largest absolute Gasteiger partial charge is 0.444 e. The molecule has 3 heterocycles. The quantitative estimate of drug-likeness (QED) is 0.499. The Morgan fingerprint density at radius 1 is 1.14 bits per heavy atom. The van der Waals surface area contributed by atoms with Crippen LogP contribution in [0, 0.1) is 12.8 Å². The molecule has 1 amide bonds. The average molecular weight is 520 g/mol. The Morgan fingerprint density at radius 2 is 1.80 bits per heavy atom. The van der Waals surface area contributed by atoms with Gasteiger partial charge >= 0.3 is 6.09 Å². The number of aromatic nitrogens is 3. The molecule has 0 saturated carbocycles. The zero-order valence-electron chi connectivity index (χ0n) is 20.3. The molecule has 188 valence electrons. The summed E-state index contributed by atoms with van der Waals surface area (Å²) >= 11 is 6.24. The predicted molar refractivity (Wildman–Crippen MR) is 135 cm³/mol. The maximum atomic E-state index is 13.3. The molecule has 0 spiro atoms. The van der Waals surface area contributed by atoms with Crippen LogP contribution in [-0.2, 0) is 14.8 Å². The molecule has 0 unspecified atom stereocenters. The van der Waals surface area contributed by atoms with Gasteiger partial charge in [0.2, 0.25) is 5.28 Å². The van der Waals surface area contributed by atoms with E-state index in [2.05, 4.69) is 20.2 Å². The number of fused-ring (bicyclic) bond motifs is 1. The van der Waals surface area contributed by atoms with Crippen molar-refractivity contribution in [2.45, 2.75) is 51.0 Å². The predicted octanol–water partition coefficient (Wildman–Crippen LogP) is 4.37. The number of hydrogen-bond donors (Lipinski definition) is 1. The molecule has 9 nitrogen and oxygen atoms in total. The summed E-state index contributed by atoms with van der Waals surface area (Å²) in [5.41, 5.74) is 0.682. The molecule has 11 heteroatoms. The number of rotatable bonds is 5. The van der Waals surface area contributed by atoms with Crippen LogP contribution in [0.5, 0.6) is 0 Å². The summed E-state index contributed by atoms with van der Waals surface area (Å²) in [5, 5.41) is 3.45. The zero-order valence-corrected chi connectivity index (χ0v) is 21.9. The van der Waals surface area contributed by atoms with Crippen LogP contribution in [0.15, 0.2) is 41.4 Å². The summed E-state index contributed by atoms with van der Waals surface area (Å²) in [4.78, 5) is 22.9. The molecular weight excluding hydrogens is 490 g/mol. The van der Waals surface area contributed by atoms with E-state index in [0.717, 1.165) is 22.4 Å². The van der Waals surface area contributed by atoms with Gasteiger partial charge in [0.05, 0.1) is 10.3 Å². The first kappa shape index (κ1) is 25.2. The minimum absolute atomic E-state index is 0.0136. The van der Waals surface area contributed by atoms with Crippen LogP contribution in [0.3, 0.4) is 0 Å². The Hall–Kier alpha value is -2.85. The van der Waals surface area contributed by atoms with Gasteiger partial charge in [0.25, 0.3) is 10.0 Å². The highest BCUT2D eigenvalue weighted by Gasteiger charge is 2.27. The SMILES string of the molecule is Cc1ccc(S(=O)(=O)n2ccc3c(N4CCC(CNC(=O)OC(C)(C)C)CC4)nc(Cl)nc32)cc1. The number of amides is 1. The Balaban J connectivity index is 1.51. The van der Waals surface area contributed by atoms with E-state index in [1.165, 1.54) is 6.20 Å². The van der Waals surface area contributed by atoms with Crippen LogP contribution in [0.25, 0.3) is 11.0 Å². The second-order valence-corrected chi connectivity index (χ2v) is 11.9. The maximum Gasteiger partial charge on any atom is 0.407 e. The minimum Gasteiger partial charge on any atom is -0.444 e. The molecule has 1 aliphatic heterocycles. The van der Waals surface area contributed by atoms with Gasteiger partial charge < -0.3 is 15.0 Å². The fourth-order valence-electron chi connectivity index (χ4n) is 4.10. The van der Waals surface area contributed by atoms with Crippen LogP contribution in [-0.4, -0.2) is 53.7 Å². The van der Waals surface area contributed by atoms with E-state index in [9.17, 15) is 13.2 Å². The third-order valence-corrected chi connectivity index (χ3v) is 7.74. The van der Waals surface area contributed by atoms with Crippen LogP contribution >= 0.6 is 11.6 Å². The number of carbonyl (C=O) groups excluding carboxylic acids is 1. The minimum atomic E-state index is -3.84. The van der Waals surface area contributed by atoms with Crippen LogP contribution < -0.4 is 10.2 Å². The number of benzene rings is 1. The van der Waals surface area contributed by atoms with Crippen molar-refractivity contribution in [3.63, 3.8) is 0 Å². The van der Waals surface area contributed by atoms with E-state index in [1.54, 1.807) is 30.3 Å². The van der Waals surface area contributed by atoms with E-state index < -0.39 is 21.7 Å². The highest BCUT2D eigenvalue weighted by atomic mass is 35.5. The fourth-order valence-corrected chi connectivity index (χ4v) is 5.55.